The van der Waals surface area contributed by atoms with Gasteiger partial charge in [0.25, 0.3) is 0 Å². The molecular formula is C11H18N4. The molecule has 82 valence electrons. The number of hydrazine groups is 1. The average molecular weight is 206 g/mol. The van der Waals surface area contributed by atoms with Gasteiger partial charge in [-0.1, -0.05) is 0 Å². The molecule has 0 aromatic rings. The summed E-state index contributed by atoms with van der Waals surface area (Å²) in [6, 6.07) is 0. The van der Waals surface area contributed by atoms with E-state index in [0.29, 0.717) is 6.54 Å². The van der Waals surface area contributed by atoms with Crippen LogP contribution in [-0.2, 0) is 0 Å². The van der Waals surface area contributed by atoms with E-state index in [0.717, 1.165) is 17.1 Å². The molecule has 0 bridgehead atoms. The molecule has 1 heterocycles. The summed E-state index contributed by atoms with van der Waals surface area (Å²) in [7, 11) is 0. The quantitative estimate of drug-likeness (QED) is 0.433. The Morgan fingerprint density at radius 1 is 1.60 bits per heavy atom. The van der Waals surface area contributed by atoms with Crippen molar-refractivity contribution in [2.45, 2.75) is 27.7 Å². The molecule has 0 aromatic carbocycles. The molecule has 1 aliphatic rings. The molecule has 4 heteroatoms. The highest BCUT2D eigenvalue weighted by Crippen LogP contribution is 2.12. The third kappa shape index (κ3) is 2.76. The van der Waals surface area contributed by atoms with E-state index >= 15 is 0 Å². The van der Waals surface area contributed by atoms with Gasteiger partial charge in [-0.25, -0.2) is 5.84 Å². The summed E-state index contributed by atoms with van der Waals surface area (Å²) < 4.78 is 0. The standard InChI is InChI=1S/C11H18N4/c1-5-13-9(3)10(4)15(12)7-11-8(2)6-14-11/h5-6H,7,12H2,1-4H3/b10-9+,13-5-. The van der Waals surface area contributed by atoms with Gasteiger partial charge in [0.1, 0.15) is 0 Å². The Morgan fingerprint density at radius 2 is 2.27 bits per heavy atom. The fourth-order valence-corrected chi connectivity index (χ4v) is 1.23. The molecule has 0 unspecified atom stereocenters. The number of hydrogen-bond donors (Lipinski definition) is 1. The fourth-order valence-electron chi connectivity index (χ4n) is 1.23. The summed E-state index contributed by atoms with van der Waals surface area (Å²) in [5, 5.41) is 1.68. The molecule has 0 saturated heterocycles. The van der Waals surface area contributed by atoms with Crippen LogP contribution in [0.2, 0.25) is 0 Å². The van der Waals surface area contributed by atoms with Crippen molar-refractivity contribution < 1.29 is 0 Å². The largest absolute Gasteiger partial charge is 0.308 e. The Balaban J connectivity index is 2.61. The van der Waals surface area contributed by atoms with Crippen molar-refractivity contribution in [2.24, 2.45) is 15.8 Å². The first-order valence-corrected chi connectivity index (χ1v) is 4.98. The molecule has 1 aliphatic heterocycles. The van der Waals surface area contributed by atoms with Gasteiger partial charge in [0.05, 0.1) is 18.0 Å². The normalized spacial score (nSPS) is 16.9. The molecule has 4 nitrogen and oxygen atoms in total. The number of nitrogens with zero attached hydrogens (tertiary/aromatic N) is 3. The van der Waals surface area contributed by atoms with Crippen molar-refractivity contribution in [2.75, 3.05) is 6.54 Å². The van der Waals surface area contributed by atoms with Crippen LogP contribution in [-0.4, -0.2) is 23.5 Å². The first-order valence-electron chi connectivity index (χ1n) is 4.98. The second-order valence-corrected chi connectivity index (χ2v) is 3.57. The molecule has 0 spiro atoms. The molecule has 0 radical (unpaired) electrons. The van der Waals surface area contributed by atoms with E-state index in [1.54, 1.807) is 11.2 Å². The van der Waals surface area contributed by atoms with Gasteiger partial charge >= 0.3 is 0 Å². The molecule has 0 aromatic heterocycles. The van der Waals surface area contributed by atoms with Crippen molar-refractivity contribution in [3.05, 3.63) is 23.2 Å². The molecule has 0 atom stereocenters. The van der Waals surface area contributed by atoms with Crippen molar-refractivity contribution in [3.63, 3.8) is 0 Å². The van der Waals surface area contributed by atoms with Gasteiger partial charge in [0.15, 0.2) is 0 Å². The maximum absolute atomic E-state index is 5.91. The molecular weight excluding hydrogens is 188 g/mol. The zero-order valence-corrected chi connectivity index (χ0v) is 9.78. The Kier molecular flexibility index (Phi) is 3.80. The smallest absolute Gasteiger partial charge is 0.0764 e. The Hall–Kier alpha value is -1.42. The molecule has 0 aliphatic carbocycles. The van der Waals surface area contributed by atoms with Crippen LogP contribution < -0.4 is 5.84 Å². The van der Waals surface area contributed by atoms with Gasteiger partial charge in [0, 0.05) is 18.1 Å². The molecule has 0 amide bonds. The summed E-state index contributed by atoms with van der Waals surface area (Å²) in [4.78, 5) is 8.34. The van der Waals surface area contributed by atoms with E-state index in [1.807, 2.05) is 33.9 Å². The van der Waals surface area contributed by atoms with Gasteiger partial charge in [-0.2, -0.15) is 0 Å². The highest BCUT2D eigenvalue weighted by atomic mass is 15.4. The van der Waals surface area contributed by atoms with E-state index in [4.69, 9.17) is 5.84 Å². The van der Waals surface area contributed by atoms with Crippen LogP contribution in [0.3, 0.4) is 0 Å². The van der Waals surface area contributed by atoms with E-state index in [2.05, 4.69) is 9.98 Å². The first kappa shape index (κ1) is 11.7. The lowest BCUT2D eigenvalue weighted by Crippen LogP contribution is -2.36. The summed E-state index contributed by atoms with van der Waals surface area (Å²) in [5.74, 6) is 5.91. The molecule has 0 saturated carbocycles. The second kappa shape index (κ2) is 4.89. The lowest BCUT2D eigenvalue weighted by molar-refractivity contribution is 0.405. The van der Waals surface area contributed by atoms with Crippen LogP contribution in [0.25, 0.3) is 0 Å². The van der Waals surface area contributed by atoms with Gasteiger partial charge in [-0.3, -0.25) is 9.98 Å². The zero-order valence-electron chi connectivity index (χ0n) is 9.78. The first-order chi connectivity index (χ1) is 7.06. The van der Waals surface area contributed by atoms with Crippen molar-refractivity contribution in [3.8, 4) is 0 Å². The third-order valence-electron chi connectivity index (χ3n) is 2.47. The van der Waals surface area contributed by atoms with Gasteiger partial charge in [0.2, 0.25) is 0 Å². The average Bonchev–Trinajstić information content (AvgIpc) is 2.22. The van der Waals surface area contributed by atoms with Crippen molar-refractivity contribution >= 4 is 11.9 Å². The summed E-state index contributed by atoms with van der Waals surface area (Å²) >= 11 is 0. The minimum Gasteiger partial charge on any atom is -0.308 e. The molecule has 0 fully saturated rings. The third-order valence-corrected chi connectivity index (χ3v) is 2.47. The highest BCUT2D eigenvalue weighted by Gasteiger charge is 2.13. The summed E-state index contributed by atoms with van der Waals surface area (Å²) in [6.45, 7) is 8.47. The lowest BCUT2D eigenvalue weighted by atomic mass is 10.1. The predicted molar refractivity (Wildman–Crippen MR) is 64.6 cm³/mol. The second-order valence-electron chi connectivity index (χ2n) is 3.57. The maximum atomic E-state index is 5.91. The number of rotatable bonds is 4. The van der Waals surface area contributed by atoms with Crippen molar-refractivity contribution in [1.29, 1.82) is 0 Å². The summed E-state index contributed by atoms with van der Waals surface area (Å²) in [6.07, 6.45) is 3.61. The summed E-state index contributed by atoms with van der Waals surface area (Å²) in [5.41, 5.74) is 4.15. The minimum absolute atomic E-state index is 0.644. The number of hydrogen-bond acceptors (Lipinski definition) is 4. The van der Waals surface area contributed by atoms with Crippen LogP contribution in [0.15, 0.2) is 33.2 Å². The predicted octanol–water partition coefficient (Wildman–Crippen LogP) is 1.86. The molecule has 1 rings (SSSR count). The highest BCUT2D eigenvalue weighted by molar-refractivity contribution is 6.05. The Morgan fingerprint density at radius 3 is 2.67 bits per heavy atom. The number of allylic oxidation sites excluding steroid dienone is 2. The van der Waals surface area contributed by atoms with Crippen LogP contribution in [0, 0.1) is 0 Å². The zero-order chi connectivity index (χ0) is 11.4. The van der Waals surface area contributed by atoms with E-state index < -0.39 is 0 Å². The van der Waals surface area contributed by atoms with Gasteiger partial charge in [-0.15, -0.1) is 0 Å². The maximum Gasteiger partial charge on any atom is 0.0764 e. The SMILES string of the molecule is C/C=N\C(C)=C(/C)N(N)CC1=NC=C1C. The fraction of sp³-hybridized carbons (Fsp3) is 0.455. The topological polar surface area (TPSA) is 54.0 Å². The monoisotopic (exact) mass is 206 g/mol. The Labute approximate surface area is 90.9 Å². The molecule has 15 heavy (non-hydrogen) atoms. The molecule has 2 N–H and O–H groups in total. The van der Waals surface area contributed by atoms with Crippen LogP contribution in [0.4, 0.5) is 0 Å². The van der Waals surface area contributed by atoms with E-state index in [9.17, 15) is 0 Å². The number of nitrogens with two attached hydrogens (primary N) is 1. The number of aliphatic imine (C=N–C) groups is 2. The van der Waals surface area contributed by atoms with Gasteiger partial charge < -0.3 is 5.01 Å². The van der Waals surface area contributed by atoms with E-state index in [1.165, 1.54) is 5.57 Å². The lowest BCUT2D eigenvalue weighted by Gasteiger charge is -2.23. The minimum atomic E-state index is 0.644. The van der Waals surface area contributed by atoms with Crippen LogP contribution in [0.5, 0.6) is 0 Å². The van der Waals surface area contributed by atoms with Crippen LogP contribution in [0.1, 0.15) is 27.7 Å². The van der Waals surface area contributed by atoms with Crippen molar-refractivity contribution in [1.82, 2.24) is 5.01 Å². The van der Waals surface area contributed by atoms with Gasteiger partial charge in [-0.05, 0) is 33.3 Å². The van der Waals surface area contributed by atoms with E-state index in [-0.39, 0.29) is 0 Å². The van der Waals surface area contributed by atoms with Crippen LogP contribution >= 0.6 is 0 Å². The Bertz CT molecular complexity index is 361.